The number of benzene rings is 1. The normalized spacial score (nSPS) is 10.4. The van der Waals surface area contributed by atoms with Crippen LogP contribution < -0.4 is 11.1 Å². The average molecular weight is 306 g/mol. The van der Waals surface area contributed by atoms with Gasteiger partial charge in [-0.15, -0.1) is 0 Å². The third kappa shape index (κ3) is 4.42. The van der Waals surface area contributed by atoms with E-state index in [0.717, 1.165) is 5.56 Å². The van der Waals surface area contributed by atoms with Gasteiger partial charge in [-0.25, -0.2) is 14.4 Å². The highest BCUT2D eigenvalue weighted by molar-refractivity contribution is 8.00. The number of halogens is 1. The molecular weight excluding hydrogens is 291 g/mol. The second-order valence-electron chi connectivity index (χ2n) is 4.40. The van der Waals surface area contributed by atoms with E-state index < -0.39 is 0 Å². The van der Waals surface area contributed by atoms with E-state index >= 15 is 0 Å². The minimum absolute atomic E-state index is 0.175. The Morgan fingerprint density at radius 1 is 1.38 bits per heavy atom. The number of rotatable bonds is 5. The van der Waals surface area contributed by atoms with Gasteiger partial charge >= 0.3 is 0 Å². The molecule has 3 N–H and O–H groups in total. The van der Waals surface area contributed by atoms with Crippen LogP contribution >= 0.6 is 11.8 Å². The molecule has 0 aliphatic rings. The number of carbonyl (C=O) groups excluding carboxylic acids is 1. The Balaban J connectivity index is 1.82. The van der Waals surface area contributed by atoms with Crippen molar-refractivity contribution in [3.8, 4) is 0 Å². The molecule has 2 aromatic rings. The van der Waals surface area contributed by atoms with Gasteiger partial charge in [0, 0.05) is 18.9 Å². The predicted molar refractivity (Wildman–Crippen MR) is 80.2 cm³/mol. The van der Waals surface area contributed by atoms with Crippen LogP contribution in [0.25, 0.3) is 0 Å². The lowest BCUT2D eigenvalue weighted by molar-refractivity contribution is -0.118. The molecule has 21 heavy (non-hydrogen) atoms. The molecule has 2 rings (SSSR count). The van der Waals surface area contributed by atoms with Crippen LogP contribution in [-0.2, 0) is 11.3 Å². The lowest BCUT2D eigenvalue weighted by Crippen LogP contribution is -2.24. The third-order valence-electron chi connectivity index (χ3n) is 2.76. The average Bonchev–Trinajstić information content (AvgIpc) is 2.47. The summed E-state index contributed by atoms with van der Waals surface area (Å²) in [5.74, 6) is 0.0300. The van der Waals surface area contributed by atoms with Gasteiger partial charge < -0.3 is 11.1 Å². The minimum Gasteiger partial charge on any atom is -0.381 e. The number of nitrogens with zero attached hydrogens (tertiary/aromatic N) is 2. The van der Waals surface area contributed by atoms with Crippen molar-refractivity contribution in [2.24, 2.45) is 0 Å². The Morgan fingerprint density at radius 3 is 2.86 bits per heavy atom. The summed E-state index contributed by atoms with van der Waals surface area (Å²) >= 11 is 1.21. The van der Waals surface area contributed by atoms with Gasteiger partial charge in [0.25, 0.3) is 0 Å². The minimum atomic E-state index is -0.275. The number of carbonyl (C=O) groups is 1. The molecule has 0 atom stereocenters. The number of anilines is 1. The maximum Gasteiger partial charge on any atom is 0.230 e. The SMILES string of the molecule is Cc1ccc(CNC(=O)CSc2nccnc2N)cc1F. The maximum absolute atomic E-state index is 13.4. The number of thioether (sulfide) groups is 1. The molecule has 1 aromatic heterocycles. The summed E-state index contributed by atoms with van der Waals surface area (Å²) in [6.45, 7) is 1.98. The molecule has 0 fully saturated rings. The van der Waals surface area contributed by atoms with Crippen molar-refractivity contribution in [3.63, 3.8) is 0 Å². The van der Waals surface area contributed by atoms with Crippen LogP contribution in [0.4, 0.5) is 10.2 Å². The van der Waals surface area contributed by atoms with Crippen molar-refractivity contribution in [1.29, 1.82) is 0 Å². The summed E-state index contributed by atoms with van der Waals surface area (Å²) in [4.78, 5) is 19.7. The molecule has 0 aliphatic carbocycles. The van der Waals surface area contributed by atoms with Crippen LogP contribution in [0, 0.1) is 12.7 Å². The number of aryl methyl sites for hydroxylation is 1. The summed E-state index contributed by atoms with van der Waals surface area (Å²) in [6.07, 6.45) is 3.01. The fourth-order valence-electron chi connectivity index (χ4n) is 1.58. The van der Waals surface area contributed by atoms with Gasteiger partial charge in [0.05, 0.1) is 5.75 Å². The lowest BCUT2D eigenvalue weighted by Gasteiger charge is -2.06. The van der Waals surface area contributed by atoms with Gasteiger partial charge in [0.1, 0.15) is 10.8 Å². The molecule has 0 bridgehead atoms. The molecule has 1 heterocycles. The van der Waals surface area contributed by atoms with E-state index in [1.54, 1.807) is 19.1 Å². The van der Waals surface area contributed by atoms with Crippen molar-refractivity contribution < 1.29 is 9.18 Å². The molecule has 0 spiro atoms. The van der Waals surface area contributed by atoms with Crippen LogP contribution in [0.2, 0.25) is 0 Å². The topological polar surface area (TPSA) is 80.9 Å². The van der Waals surface area contributed by atoms with Crippen LogP contribution in [0.15, 0.2) is 35.6 Å². The zero-order chi connectivity index (χ0) is 15.2. The second kappa shape index (κ2) is 7.03. The highest BCUT2D eigenvalue weighted by atomic mass is 32.2. The number of nitrogens with two attached hydrogens (primary N) is 1. The molecule has 0 unspecified atom stereocenters. The van der Waals surface area contributed by atoms with Crippen molar-refractivity contribution in [3.05, 3.63) is 47.5 Å². The van der Waals surface area contributed by atoms with E-state index in [1.807, 2.05) is 0 Å². The molecule has 1 amide bonds. The quantitative estimate of drug-likeness (QED) is 0.825. The van der Waals surface area contributed by atoms with Gasteiger partial charge in [0.2, 0.25) is 5.91 Å². The largest absolute Gasteiger partial charge is 0.381 e. The Morgan fingerprint density at radius 2 is 2.14 bits per heavy atom. The molecule has 110 valence electrons. The molecule has 0 aliphatic heterocycles. The monoisotopic (exact) mass is 306 g/mol. The van der Waals surface area contributed by atoms with Crippen LogP contribution in [-0.4, -0.2) is 21.6 Å². The smallest absolute Gasteiger partial charge is 0.230 e. The predicted octanol–water partition coefficient (Wildman–Crippen LogP) is 1.91. The Kier molecular flexibility index (Phi) is 5.10. The van der Waals surface area contributed by atoms with E-state index in [-0.39, 0.29) is 24.0 Å². The molecule has 0 saturated carbocycles. The van der Waals surface area contributed by atoms with E-state index in [2.05, 4.69) is 15.3 Å². The van der Waals surface area contributed by atoms with Crippen LogP contribution in [0.5, 0.6) is 0 Å². The van der Waals surface area contributed by atoms with Crippen LogP contribution in [0.3, 0.4) is 0 Å². The highest BCUT2D eigenvalue weighted by Gasteiger charge is 2.07. The lowest BCUT2D eigenvalue weighted by atomic mass is 10.1. The van der Waals surface area contributed by atoms with E-state index in [0.29, 0.717) is 16.4 Å². The highest BCUT2D eigenvalue weighted by Crippen LogP contribution is 2.19. The first-order chi connectivity index (χ1) is 10.1. The molecule has 5 nitrogen and oxygen atoms in total. The summed E-state index contributed by atoms with van der Waals surface area (Å²) in [5, 5.41) is 3.24. The first-order valence-electron chi connectivity index (χ1n) is 6.27. The molecule has 1 aromatic carbocycles. The fourth-order valence-corrected chi connectivity index (χ4v) is 2.28. The maximum atomic E-state index is 13.4. The van der Waals surface area contributed by atoms with Crippen molar-refractivity contribution >= 4 is 23.5 Å². The summed E-state index contributed by atoms with van der Waals surface area (Å²) < 4.78 is 13.4. The summed E-state index contributed by atoms with van der Waals surface area (Å²) in [7, 11) is 0. The van der Waals surface area contributed by atoms with Gasteiger partial charge in [-0.3, -0.25) is 4.79 Å². The van der Waals surface area contributed by atoms with Gasteiger partial charge in [-0.2, -0.15) is 0 Å². The molecule has 0 radical (unpaired) electrons. The van der Waals surface area contributed by atoms with Crippen molar-refractivity contribution in [2.45, 2.75) is 18.5 Å². The van der Waals surface area contributed by atoms with E-state index in [4.69, 9.17) is 5.73 Å². The molecule has 0 saturated heterocycles. The van der Waals surface area contributed by atoms with Gasteiger partial charge in [0.15, 0.2) is 5.82 Å². The Labute approximate surface area is 126 Å². The first-order valence-corrected chi connectivity index (χ1v) is 7.26. The first kappa shape index (κ1) is 15.2. The third-order valence-corrected chi connectivity index (χ3v) is 3.75. The van der Waals surface area contributed by atoms with E-state index in [9.17, 15) is 9.18 Å². The Hall–Kier alpha value is -2.15. The van der Waals surface area contributed by atoms with Crippen LogP contribution in [0.1, 0.15) is 11.1 Å². The van der Waals surface area contributed by atoms with Crippen molar-refractivity contribution in [2.75, 3.05) is 11.5 Å². The molecular formula is C14H15FN4OS. The zero-order valence-corrected chi connectivity index (χ0v) is 12.3. The van der Waals surface area contributed by atoms with Gasteiger partial charge in [-0.1, -0.05) is 23.9 Å². The van der Waals surface area contributed by atoms with Gasteiger partial charge in [-0.05, 0) is 24.1 Å². The fraction of sp³-hybridized carbons (Fsp3) is 0.214. The van der Waals surface area contributed by atoms with E-state index in [1.165, 1.54) is 30.2 Å². The number of nitrogens with one attached hydrogen (secondary N) is 1. The number of hydrogen-bond donors (Lipinski definition) is 2. The zero-order valence-electron chi connectivity index (χ0n) is 11.5. The van der Waals surface area contributed by atoms with Crippen molar-refractivity contribution in [1.82, 2.24) is 15.3 Å². The number of nitrogen functional groups attached to an aromatic ring is 1. The summed E-state index contributed by atoms with van der Waals surface area (Å²) in [5.41, 5.74) is 6.93. The Bertz CT molecular complexity index is 651. The molecule has 7 heteroatoms. The second-order valence-corrected chi connectivity index (χ2v) is 5.36. The number of aromatic nitrogens is 2. The number of hydrogen-bond acceptors (Lipinski definition) is 5. The number of amides is 1. The summed E-state index contributed by atoms with van der Waals surface area (Å²) in [6, 6.07) is 4.89. The standard InChI is InChI=1S/C14H15FN4OS/c1-9-2-3-10(6-11(9)15)7-19-12(20)8-21-14-13(16)17-4-5-18-14/h2-6H,7-8H2,1H3,(H2,16,17)(H,19,20).